The van der Waals surface area contributed by atoms with E-state index in [1.165, 1.54) is 38.5 Å². The number of esters is 1. The highest BCUT2D eigenvalue weighted by atomic mass is 19.3. The maximum absolute atomic E-state index is 14.7. The fourth-order valence-corrected chi connectivity index (χ4v) is 5.24. The lowest BCUT2D eigenvalue weighted by Gasteiger charge is -2.34. The van der Waals surface area contributed by atoms with Gasteiger partial charge < -0.3 is 29.0 Å². The number of benzene rings is 3. The van der Waals surface area contributed by atoms with Crippen molar-refractivity contribution in [3.05, 3.63) is 82.7 Å². The van der Waals surface area contributed by atoms with Crippen molar-refractivity contribution in [2.75, 3.05) is 14.2 Å². The van der Waals surface area contributed by atoms with Crippen molar-refractivity contribution in [1.82, 2.24) is 5.32 Å². The van der Waals surface area contributed by atoms with Crippen molar-refractivity contribution in [3.63, 3.8) is 0 Å². The number of carbonyl (C=O) groups is 2. The van der Waals surface area contributed by atoms with Crippen LogP contribution >= 0.6 is 0 Å². The Hall–Kier alpha value is -4.41. The molecule has 6 rings (SSSR count). The maximum atomic E-state index is 14.7. The summed E-state index contributed by atoms with van der Waals surface area (Å²) in [6.45, 7) is 0. The Labute approximate surface area is 226 Å². The average molecular weight is 556 g/mol. The summed E-state index contributed by atoms with van der Waals surface area (Å²) in [4.78, 5) is 25.5. The first-order valence-corrected chi connectivity index (χ1v) is 12.6. The average Bonchev–Trinajstić information content (AvgIpc) is 3.69. The normalized spacial score (nSPS) is 21.0. The third kappa shape index (κ3) is 4.44. The van der Waals surface area contributed by atoms with Crippen molar-refractivity contribution in [3.8, 4) is 23.0 Å². The van der Waals surface area contributed by atoms with Crippen LogP contribution in [-0.2, 0) is 14.9 Å². The Kier molecular flexibility index (Phi) is 6.04. The minimum Gasteiger partial charge on any atom is -0.497 e. The predicted molar refractivity (Wildman–Crippen MR) is 133 cm³/mol. The van der Waals surface area contributed by atoms with Gasteiger partial charge in [-0.3, -0.25) is 4.79 Å². The number of halogens is 3. The summed E-state index contributed by atoms with van der Waals surface area (Å²) < 4.78 is 67.0. The first-order valence-electron chi connectivity index (χ1n) is 12.6. The van der Waals surface area contributed by atoms with Gasteiger partial charge in [0.15, 0.2) is 11.5 Å². The molecule has 0 aromatic heterocycles. The van der Waals surface area contributed by atoms with Gasteiger partial charge in [0, 0.05) is 18.1 Å². The minimum absolute atomic E-state index is 0.0921. The molecule has 1 fully saturated rings. The topological polar surface area (TPSA) is 92.3 Å². The molecule has 0 spiro atoms. The molecule has 2 atom stereocenters. The van der Waals surface area contributed by atoms with Gasteiger partial charge in [0.1, 0.15) is 23.4 Å². The Morgan fingerprint density at radius 3 is 2.42 bits per heavy atom. The summed E-state index contributed by atoms with van der Waals surface area (Å²) in [7, 11) is 2.68. The van der Waals surface area contributed by atoms with E-state index in [9.17, 15) is 22.8 Å². The maximum Gasteiger partial charge on any atom is 0.586 e. The van der Waals surface area contributed by atoms with E-state index < -0.39 is 35.6 Å². The summed E-state index contributed by atoms with van der Waals surface area (Å²) in [5.74, 6) is -1.06. The summed E-state index contributed by atoms with van der Waals surface area (Å²) >= 11 is 0. The molecule has 208 valence electrons. The van der Waals surface area contributed by atoms with Crippen molar-refractivity contribution in [2.24, 2.45) is 0 Å². The molecule has 0 saturated heterocycles. The molecule has 11 heteroatoms. The standard InChI is InChI=1S/C29H24F3NO7/c1-36-17-5-7-19-21(14-23(38-24(19)13-17)15-3-6-18(20(30)11-15)26(34)37-2)33-27(35)28(9-10-28)16-4-8-22-25(12-16)40-29(31,32)39-22/h3-8,11-13,21,23H,9-10,14H2,1-2H3,(H,33,35)/t21-,23-/m1/s1. The number of hydrogen-bond donors (Lipinski definition) is 1. The molecule has 3 aliphatic rings. The zero-order valence-corrected chi connectivity index (χ0v) is 21.5. The van der Waals surface area contributed by atoms with Crippen molar-refractivity contribution in [2.45, 2.75) is 43.1 Å². The molecule has 8 nitrogen and oxygen atoms in total. The fraction of sp³-hybridized carbons (Fsp3) is 0.310. The molecule has 0 unspecified atom stereocenters. The van der Waals surface area contributed by atoms with Gasteiger partial charge in [0.25, 0.3) is 0 Å². The number of carbonyl (C=O) groups excluding carboxylic acids is 2. The van der Waals surface area contributed by atoms with Crippen LogP contribution in [0.25, 0.3) is 0 Å². The number of ether oxygens (including phenoxy) is 5. The molecule has 1 N–H and O–H groups in total. The third-order valence-corrected chi connectivity index (χ3v) is 7.53. The zero-order valence-electron chi connectivity index (χ0n) is 21.5. The van der Waals surface area contributed by atoms with Crippen molar-refractivity contribution >= 4 is 11.9 Å². The van der Waals surface area contributed by atoms with E-state index in [4.69, 9.17) is 9.47 Å². The Morgan fingerprint density at radius 2 is 1.73 bits per heavy atom. The van der Waals surface area contributed by atoms with Gasteiger partial charge in [-0.25, -0.2) is 9.18 Å². The second-order valence-corrected chi connectivity index (χ2v) is 9.91. The summed E-state index contributed by atoms with van der Waals surface area (Å²) in [5, 5.41) is 3.10. The van der Waals surface area contributed by atoms with Gasteiger partial charge in [0.05, 0.1) is 31.2 Å². The van der Waals surface area contributed by atoms with Gasteiger partial charge in [-0.2, -0.15) is 0 Å². The molecular formula is C29H24F3NO7. The van der Waals surface area contributed by atoms with Gasteiger partial charge in [-0.1, -0.05) is 12.1 Å². The molecule has 0 radical (unpaired) electrons. The molecule has 3 aromatic rings. The molecule has 1 saturated carbocycles. The Bertz CT molecular complexity index is 1520. The van der Waals surface area contributed by atoms with Gasteiger partial charge in [-0.15, -0.1) is 8.78 Å². The zero-order chi connectivity index (χ0) is 28.2. The summed E-state index contributed by atoms with van der Waals surface area (Å²) in [6, 6.07) is 13.2. The van der Waals surface area contributed by atoms with Crippen LogP contribution in [0.15, 0.2) is 54.6 Å². The van der Waals surface area contributed by atoms with E-state index in [-0.39, 0.29) is 29.4 Å². The number of rotatable bonds is 6. The van der Waals surface area contributed by atoms with Crippen LogP contribution in [-0.4, -0.2) is 32.4 Å². The Balaban J connectivity index is 1.29. The lowest BCUT2D eigenvalue weighted by atomic mass is 9.90. The van der Waals surface area contributed by atoms with Crippen LogP contribution in [0.1, 0.15) is 58.5 Å². The second-order valence-electron chi connectivity index (χ2n) is 9.91. The molecule has 40 heavy (non-hydrogen) atoms. The number of alkyl halides is 2. The molecule has 2 heterocycles. The summed E-state index contributed by atoms with van der Waals surface area (Å²) in [6.07, 6.45) is -3.09. The van der Waals surface area contributed by atoms with Gasteiger partial charge in [0.2, 0.25) is 5.91 Å². The number of fused-ring (bicyclic) bond motifs is 2. The lowest BCUT2D eigenvalue weighted by molar-refractivity contribution is -0.286. The van der Waals surface area contributed by atoms with E-state index in [1.54, 1.807) is 30.3 Å². The van der Waals surface area contributed by atoms with Crippen LogP contribution in [0.4, 0.5) is 13.2 Å². The van der Waals surface area contributed by atoms with E-state index in [1.807, 2.05) is 0 Å². The minimum atomic E-state index is -3.75. The van der Waals surface area contributed by atoms with Crippen molar-refractivity contribution < 1.29 is 46.4 Å². The molecule has 1 amide bonds. The van der Waals surface area contributed by atoms with E-state index >= 15 is 0 Å². The van der Waals surface area contributed by atoms with Crippen LogP contribution in [0.2, 0.25) is 0 Å². The third-order valence-electron chi connectivity index (χ3n) is 7.53. The molecule has 3 aromatic carbocycles. The monoisotopic (exact) mass is 555 g/mol. The molecule has 2 aliphatic heterocycles. The van der Waals surface area contributed by atoms with E-state index in [0.717, 1.165) is 0 Å². The largest absolute Gasteiger partial charge is 0.586 e. The first kappa shape index (κ1) is 25.8. The first-order chi connectivity index (χ1) is 19.1. The molecule has 0 bridgehead atoms. The van der Waals surface area contributed by atoms with Gasteiger partial charge in [-0.05, 0) is 60.4 Å². The predicted octanol–water partition coefficient (Wildman–Crippen LogP) is 5.36. The van der Waals surface area contributed by atoms with E-state index in [0.29, 0.717) is 41.0 Å². The lowest BCUT2D eigenvalue weighted by Crippen LogP contribution is -2.39. The smallest absolute Gasteiger partial charge is 0.497 e. The number of methoxy groups -OCH3 is 2. The van der Waals surface area contributed by atoms with Crippen LogP contribution < -0.4 is 24.3 Å². The number of amides is 1. The van der Waals surface area contributed by atoms with Crippen LogP contribution in [0.5, 0.6) is 23.0 Å². The van der Waals surface area contributed by atoms with Crippen molar-refractivity contribution in [1.29, 1.82) is 0 Å². The highest BCUT2D eigenvalue weighted by Gasteiger charge is 2.53. The van der Waals surface area contributed by atoms with Gasteiger partial charge >= 0.3 is 12.3 Å². The summed E-state index contributed by atoms with van der Waals surface area (Å²) in [5.41, 5.74) is 0.606. The molecule has 1 aliphatic carbocycles. The fourth-order valence-electron chi connectivity index (χ4n) is 5.24. The Morgan fingerprint density at radius 1 is 0.950 bits per heavy atom. The van der Waals surface area contributed by atoms with Crippen LogP contribution in [0.3, 0.4) is 0 Å². The molecular weight excluding hydrogens is 531 g/mol. The quantitative estimate of drug-likeness (QED) is 0.410. The number of hydrogen-bond acceptors (Lipinski definition) is 7. The van der Waals surface area contributed by atoms with Crippen LogP contribution in [0, 0.1) is 5.82 Å². The van der Waals surface area contributed by atoms with E-state index in [2.05, 4.69) is 19.5 Å². The number of nitrogens with one attached hydrogen (secondary N) is 1. The highest BCUT2D eigenvalue weighted by Crippen LogP contribution is 2.53. The highest BCUT2D eigenvalue weighted by molar-refractivity contribution is 5.92. The second kappa shape index (κ2) is 9.35. The SMILES string of the molecule is COC(=O)c1ccc([C@H]2C[C@@H](NC(=O)C3(c4ccc5c(c4)OC(F)(F)O5)CC3)c3ccc(OC)cc3O2)cc1F.